The van der Waals surface area contributed by atoms with Crippen molar-refractivity contribution in [2.24, 2.45) is 10.8 Å². The molecule has 1 heterocycles. The number of rotatable bonds is 5. The first-order valence-electron chi connectivity index (χ1n) is 25.6. The predicted molar refractivity (Wildman–Crippen MR) is 293 cm³/mol. The van der Waals surface area contributed by atoms with Crippen LogP contribution in [0.3, 0.4) is 0 Å². The predicted octanol–water partition coefficient (Wildman–Crippen LogP) is 18.8. The van der Waals surface area contributed by atoms with Gasteiger partial charge in [-0.2, -0.15) is 0 Å². The van der Waals surface area contributed by atoms with Crippen molar-refractivity contribution in [2.45, 2.75) is 126 Å². The summed E-state index contributed by atoms with van der Waals surface area (Å²) < 4.78 is 177. The molecule has 0 N–H and O–H groups in total. The van der Waals surface area contributed by atoms with E-state index in [1.165, 1.54) is 0 Å². The maximum atomic E-state index is 14.8. The number of halogens is 14. The van der Waals surface area contributed by atoms with E-state index in [-0.39, 0.29) is 34.4 Å². The molecule has 1 aliphatic heterocycles. The van der Waals surface area contributed by atoms with Gasteiger partial charge in [0.15, 0.2) is 0 Å². The molecule has 0 amide bonds. The van der Waals surface area contributed by atoms with E-state index in [0.717, 1.165) is 45.8 Å². The molecule has 2 atom stereocenters. The van der Waals surface area contributed by atoms with Gasteiger partial charge in [0.1, 0.15) is 0 Å². The molecule has 6 aromatic carbocycles. The van der Waals surface area contributed by atoms with E-state index in [1.807, 2.05) is 144 Å². The van der Waals surface area contributed by atoms with Crippen LogP contribution >= 0.6 is 17.0 Å². The molecule has 0 saturated carbocycles. The van der Waals surface area contributed by atoms with Gasteiger partial charge >= 0.3 is 461 Å². The molecule has 2 aliphatic carbocycles. The molecule has 413 valence electrons. The molecular weight excluding hydrogens is 1160 g/mol. The zero-order valence-corrected chi connectivity index (χ0v) is 50.5. The van der Waals surface area contributed by atoms with Gasteiger partial charge in [-0.1, -0.05) is 0 Å². The fraction of sp³-hybridized carbons (Fsp3) is 0.355. The second-order valence-electron chi connectivity index (χ2n) is 25.5. The third-order valence-electron chi connectivity index (χ3n) is 15.9. The van der Waals surface area contributed by atoms with Gasteiger partial charge in [0.05, 0.1) is 0 Å². The van der Waals surface area contributed by atoms with Crippen molar-refractivity contribution in [1.82, 2.24) is 0 Å². The summed E-state index contributed by atoms with van der Waals surface area (Å²) in [4.78, 5) is 0. The quantitative estimate of drug-likeness (QED) is 0.119. The van der Waals surface area contributed by atoms with Crippen LogP contribution in [-0.4, -0.2) is 9.52 Å². The molecule has 0 aromatic heterocycles. The Balaban J connectivity index is 1.48. The fourth-order valence-corrected chi connectivity index (χ4v) is 40.8. The average molecular weight is 1220 g/mol. The van der Waals surface area contributed by atoms with Crippen LogP contribution in [-0.2, 0) is 51.9 Å². The summed E-state index contributed by atoms with van der Waals surface area (Å²) in [5, 5.41) is 2.07. The van der Waals surface area contributed by atoms with Gasteiger partial charge in [-0.25, -0.2) is 0 Å². The SMILES string of the molecule is CC(C)(C)C1=Cc2c(ccc(C(C)(C)C)c2-c2cc(C(F)(F)F)cc(C(F)(F)F)c2)[CH]1[Zr]([Cl])([Cl])([c]1cccc2c1[SiH2]c1ccccc1-2)[CH]1C(C(C)(C)C)=Cc2c1ccc(C(C)(C)C)c2-c1cc(C(F)(F)F)cc(C(F)(F)F)c1. The summed E-state index contributed by atoms with van der Waals surface area (Å²) in [6, 6.07) is 24.2. The Morgan fingerprint density at radius 2 is 0.769 bits per heavy atom. The summed E-state index contributed by atoms with van der Waals surface area (Å²) in [5.74, 6) is 0. The number of hydrogen-bond donors (Lipinski definition) is 0. The van der Waals surface area contributed by atoms with E-state index in [0.29, 0.717) is 47.8 Å². The summed E-state index contributed by atoms with van der Waals surface area (Å²) in [7, 11) is 17.3. The van der Waals surface area contributed by atoms with Crippen molar-refractivity contribution >= 4 is 52.3 Å². The number of allylic oxidation sites excluding steroid dienone is 2. The molecule has 0 fully saturated rings. The second kappa shape index (κ2) is 18.3. The Labute approximate surface area is 458 Å². The Morgan fingerprint density at radius 1 is 0.410 bits per heavy atom. The van der Waals surface area contributed by atoms with E-state index in [9.17, 15) is 69.7 Å². The minimum absolute atomic E-state index is 0.106. The Kier molecular flexibility index (Phi) is 13.7. The van der Waals surface area contributed by atoms with Gasteiger partial charge in [0.25, 0.3) is 0 Å². The zero-order chi connectivity index (χ0) is 57.9. The Morgan fingerprint density at radius 3 is 1.12 bits per heavy atom. The number of fused-ring (bicyclic) bond motifs is 5. The molecule has 0 nitrogen and oxygen atoms in total. The molecule has 0 saturated heterocycles. The summed E-state index contributed by atoms with van der Waals surface area (Å²) in [6.07, 6.45) is -17.0. The van der Waals surface area contributed by atoms with Crippen molar-refractivity contribution in [3.8, 4) is 33.4 Å². The second-order valence-corrected chi connectivity index (χ2v) is 47.9. The van der Waals surface area contributed by atoms with E-state index in [2.05, 4.69) is 6.07 Å². The van der Waals surface area contributed by atoms with Gasteiger partial charge in [-0.15, -0.1) is 0 Å². The van der Waals surface area contributed by atoms with Crippen molar-refractivity contribution in [3.63, 3.8) is 0 Å². The molecule has 0 spiro atoms. The van der Waals surface area contributed by atoms with Crippen molar-refractivity contribution in [1.29, 1.82) is 0 Å². The van der Waals surface area contributed by atoms with Crippen LogP contribution in [0.5, 0.6) is 0 Å². The fourth-order valence-electron chi connectivity index (χ4n) is 12.5. The monoisotopic (exact) mass is 1220 g/mol. The van der Waals surface area contributed by atoms with Crippen LogP contribution in [0.1, 0.15) is 146 Å². The van der Waals surface area contributed by atoms with Gasteiger partial charge in [-0.05, 0) is 0 Å². The third-order valence-corrected chi connectivity index (χ3v) is 38.4. The van der Waals surface area contributed by atoms with Crippen LogP contribution in [0.2, 0.25) is 0 Å². The van der Waals surface area contributed by atoms with Gasteiger partial charge in [0.2, 0.25) is 0 Å². The minimum atomic E-state index is -6.81. The average Bonchev–Trinajstić information content (AvgIpc) is 3.70. The van der Waals surface area contributed by atoms with E-state index < -0.39 is 102 Å². The van der Waals surface area contributed by atoms with Gasteiger partial charge in [0, 0.05) is 0 Å². The van der Waals surface area contributed by atoms with Crippen LogP contribution in [0.15, 0.2) is 114 Å². The number of hydrogen-bond acceptors (Lipinski definition) is 0. The van der Waals surface area contributed by atoms with E-state index in [4.69, 9.17) is 0 Å². The summed E-state index contributed by atoms with van der Waals surface area (Å²) in [6.45, 7) is 22.6. The van der Waals surface area contributed by atoms with Crippen LogP contribution in [0, 0.1) is 10.8 Å². The first-order chi connectivity index (χ1) is 35.4. The van der Waals surface area contributed by atoms with Crippen molar-refractivity contribution in [3.05, 3.63) is 170 Å². The summed E-state index contributed by atoms with van der Waals surface area (Å²) >= 11 is -6.81. The van der Waals surface area contributed by atoms with Crippen LogP contribution in [0.25, 0.3) is 45.5 Å². The van der Waals surface area contributed by atoms with Gasteiger partial charge < -0.3 is 0 Å². The zero-order valence-electron chi connectivity index (χ0n) is 45.1. The normalized spacial score (nSPS) is 18.1. The molecule has 78 heavy (non-hydrogen) atoms. The Bertz CT molecular complexity index is 3280. The first-order valence-corrected chi connectivity index (χ1v) is 37.4. The maximum absolute atomic E-state index is 14.8. The third kappa shape index (κ3) is 9.84. The Hall–Kier alpha value is -4.36. The van der Waals surface area contributed by atoms with Crippen LogP contribution < -0.4 is 13.6 Å². The molecule has 0 bridgehead atoms. The van der Waals surface area contributed by atoms with E-state index >= 15 is 0 Å². The standard InChI is InChI=1S/2C25H25F6.C12H9Si.2ClH.Zr/c2*1-22(2,3)16-9-14-7-8-20(23(4,5)6)21(19(14)13-16)15-10-17(24(26,27)28)12-18(11-15)25(29,30)31;1-3-7-11-9(5-1)10-6-2-4-8-12(10)13-11;;;/h2*7-13H,1-6H3;1-7H,13H2;2*1H;/q;;;;;+2/p-2. The topological polar surface area (TPSA) is 0 Å². The van der Waals surface area contributed by atoms with Crippen LogP contribution in [0.4, 0.5) is 52.7 Å². The summed E-state index contributed by atoms with van der Waals surface area (Å²) in [5.41, 5.74) is -3.87. The van der Waals surface area contributed by atoms with Crippen molar-refractivity contribution in [2.75, 3.05) is 0 Å². The molecular formula is C62H59Cl2F12SiZr. The molecule has 2 unspecified atom stereocenters. The number of benzene rings is 6. The first kappa shape index (κ1) is 58.3. The van der Waals surface area contributed by atoms with Gasteiger partial charge in [-0.3, -0.25) is 0 Å². The molecule has 16 heteroatoms. The van der Waals surface area contributed by atoms with Crippen molar-refractivity contribution < 1.29 is 69.1 Å². The molecule has 9 rings (SSSR count). The number of alkyl halides is 12. The molecule has 6 aromatic rings. The molecule has 3 aliphatic rings. The molecule has 0 radical (unpaired) electrons. The van der Waals surface area contributed by atoms with E-state index in [1.54, 1.807) is 12.1 Å².